The second-order valence-corrected chi connectivity index (χ2v) is 1.67. The van der Waals surface area contributed by atoms with Gasteiger partial charge in [-0.15, -0.1) is 24.8 Å². The molecular weight excluding hydrogens is 189 g/mol. The number of rotatable bonds is 0. The Hall–Kier alpha value is -0.670. The van der Waals surface area contributed by atoms with Gasteiger partial charge < -0.3 is 0 Å². The second kappa shape index (κ2) is 6.07. The lowest BCUT2D eigenvalue weighted by Gasteiger charge is -1.82. The van der Waals surface area contributed by atoms with Crippen LogP contribution in [0.15, 0.2) is 17.1 Å². The first kappa shape index (κ1) is 13.0. The van der Waals surface area contributed by atoms with Crippen molar-refractivity contribution in [3.05, 3.63) is 12.2 Å². The molecule has 0 radical (unpaired) electrons. The highest BCUT2D eigenvalue weighted by atomic mass is 35.5. The summed E-state index contributed by atoms with van der Waals surface area (Å²) in [5.74, 6) is -0.553. The lowest BCUT2D eigenvalue weighted by Crippen LogP contribution is -1.99. The summed E-state index contributed by atoms with van der Waals surface area (Å²) in [6.07, 6.45) is 4.04. The zero-order valence-corrected chi connectivity index (χ0v) is 7.15. The van der Waals surface area contributed by atoms with Crippen LogP contribution in [-0.4, -0.2) is 17.9 Å². The van der Waals surface area contributed by atoms with E-state index in [2.05, 4.69) is 4.99 Å². The van der Waals surface area contributed by atoms with Gasteiger partial charge in [0.15, 0.2) is 5.78 Å². The molecule has 1 aliphatic rings. The molecular formula is C6H7Cl2NO2. The molecule has 0 spiro atoms. The van der Waals surface area contributed by atoms with E-state index in [0.717, 1.165) is 0 Å². The predicted octanol–water partition coefficient (Wildman–Crippen LogP) is 0.956. The van der Waals surface area contributed by atoms with Crippen molar-refractivity contribution in [3.63, 3.8) is 0 Å². The SMILES string of the molecule is Cl.Cl.O=C1C=CC=NC(=O)C1. The highest BCUT2D eigenvalue weighted by Crippen LogP contribution is 1.92. The topological polar surface area (TPSA) is 46.5 Å². The van der Waals surface area contributed by atoms with E-state index in [0.29, 0.717) is 0 Å². The first-order valence-corrected chi connectivity index (χ1v) is 2.55. The number of hydrogen-bond acceptors (Lipinski definition) is 2. The Morgan fingerprint density at radius 2 is 1.91 bits per heavy atom. The fraction of sp³-hybridized carbons (Fsp3) is 0.167. The van der Waals surface area contributed by atoms with Gasteiger partial charge in [0.25, 0.3) is 5.91 Å². The Bertz CT molecular complexity index is 189. The number of aliphatic imine (C=N–C) groups is 1. The van der Waals surface area contributed by atoms with Crippen LogP contribution in [0.25, 0.3) is 0 Å². The van der Waals surface area contributed by atoms with Crippen LogP contribution in [0.4, 0.5) is 0 Å². The van der Waals surface area contributed by atoms with Gasteiger partial charge in [-0.3, -0.25) is 9.59 Å². The Labute approximate surface area is 76.4 Å². The van der Waals surface area contributed by atoms with E-state index in [1.165, 1.54) is 18.4 Å². The third-order valence-electron chi connectivity index (χ3n) is 0.912. The van der Waals surface area contributed by atoms with E-state index in [1.807, 2.05) is 0 Å². The molecule has 0 unspecified atom stereocenters. The summed E-state index contributed by atoms with van der Waals surface area (Å²) < 4.78 is 0. The monoisotopic (exact) mass is 195 g/mol. The number of hydrogen-bond donors (Lipinski definition) is 0. The number of nitrogens with zero attached hydrogens (tertiary/aromatic N) is 1. The van der Waals surface area contributed by atoms with Crippen molar-refractivity contribution in [2.75, 3.05) is 0 Å². The zero-order chi connectivity index (χ0) is 6.69. The maximum atomic E-state index is 10.5. The molecule has 0 bridgehead atoms. The molecule has 3 nitrogen and oxygen atoms in total. The Morgan fingerprint density at radius 1 is 1.27 bits per heavy atom. The highest BCUT2D eigenvalue weighted by Gasteiger charge is 2.05. The minimum absolute atomic E-state index is 0. The molecule has 1 aliphatic heterocycles. The van der Waals surface area contributed by atoms with Gasteiger partial charge in [-0.1, -0.05) is 0 Å². The Kier molecular flexibility index (Phi) is 7.15. The molecule has 1 heterocycles. The van der Waals surface area contributed by atoms with E-state index in [9.17, 15) is 9.59 Å². The van der Waals surface area contributed by atoms with Crippen LogP contribution in [0.3, 0.4) is 0 Å². The van der Waals surface area contributed by atoms with Gasteiger partial charge >= 0.3 is 0 Å². The largest absolute Gasteiger partial charge is 0.294 e. The number of amides is 1. The van der Waals surface area contributed by atoms with Crippen molar-refractivity contribution in [1.82, 2.24) is 0 Å². The zero-order valence-electron chi connectivity index (χ0n) is 5.52. The summed E-state index contributed by atoms with van der Waals surface area (Å²) >= 11 is 0. The summed E-state index contributed by atoms with van der Waals surface area (Å²) in [7, 11) is 0. The van der Waals surface area contributed by atoms with Crippen molar-refractivity contribution in [2.45, 2.75) is 6.42 Å². The van der Waals surface area contributed by atoms with Crippen molar-refractivity contribution >= 4 is 42.7 Å². The van der Waals surface area contributed by atoms with Gasteiger partial charge in [-0.25, -0.2) is 4.99 Å². The lowest BCUT2D eigenvalue weighted by molar-refractivity contribution is -0.123. The minimum atomic E-state index is -0.370. The normalized spacial score (nSPS) is 14.9. The van der Waals surface area contributed by atoms with Gasteiger partial charge in [0.05, 0.1) is 6.42 Å². The number of halogens is 2. The molecule has 0 atom stereocenters. The Balaban J connectivity index is 0. The molecule has 0 N–H and O–H groups in total. The third-order valence-corrected chi connectivity index (χ3v) is 0.912. The van der Waals surface area contributed by atoms with Gasteiger partial charge in [0, 0.05) is 6.21 Å². The maximum Gasteiger partial charge on any atom is 0.253 e. The molecule has 0 aromatic carbocycles. The van der Waals surface area contributed by atoms with Crippen LogP contribution in [-0.2, 0) is 9.59 Å². The third kappa shape index (κ3) is 4.70. The standard InChI is InChI=1S/C6H5NO2.2ClH/c8-5-2-1-3-7-6(9)4-5;;/h1-3H,4H2;2*1H. The average Bonchev–Trinajstić information content (AvgIpc) is 1.93. The predicted molar refractivity (Wildman–Crippen MR) is 46.8 cm³/mol. The smallest absolute Gasteiger partial charge is 0.253 e. The molecule has 0 aromatic heterocycles. The fourth-order valence-corrected chi connectivity index (χ4v) is 0.530. The number of carbonyl (C=O) groups excluding carboxylic acids is 2. The summed E-state index contributed by atoms with van der Waals surface area (Å²) in [6, 6.07) is 0. The quantitative estimate of drug-likeness (QED) is 0.541. The van der Waals surface area contributed by atoms with Gasteiger partial charge in [-0.2, -0.15) is 0 Å². The van der Waals surface area contributed by atoms with Crippen LogP contribution >= 0.6 is 24.8 Å². The van der Waals surface area contributed by atoms with Gasteiger partial charge in [0.2, 0.25) is 0 Å². The van der Waals surface area contributed by atoms with Crippen molar-refractivity contribution < 1.29 is 9.59 Å². The summed E-state index contributed by atoms with van der Waals surface area (Å²) in [6.45, 7) is 0. The van der Waals surface area contributed by atoms with Crippen LogP contribution < -0.4 is 0 Å². The molecule has 62 valence electrons. The van der Waals surface area contributed by atoms with E-state index in [1.54, 1.807) is 0 Å². The molecule has 5 heteroatoms. The summed E-state index contributed by atoms with van der Waals surface area (Å²) in [5, 5.41) is 0. The molecule has 0 saturated carbocycles. The molecule has 11 heavy (non-hydrogen) atoms. The number of allylic oxidation sites excluding steroid dienone is 2. The molecule has 0 saturated heterocycles. The van der Waals surface area contributed by atoms with E-state index >= 15 is 0 Å². The maximum absolute atomic E-state index is 10.5. The van der Waals surface area contributed by atoms with Crippen molar-refractivity contribution in [3.8, 4) is 0 Å². The molecule has 0 fully saturated rings. The first-order chi connectivity index (χ1) is 4.29. The minimum Gasteiger partial charge on any atom is -0.294 e. The van der Waals surface area contributed by atoms with Gasteiger partial charge in [-0.05, 0) is 12.2 Å². The fourth-order valence-electron chi connectivity index (χ4n) is 0.530. The van der Waals surface area contributed by atoms with E-state index in [4.69, 9.17) is 0 Å². The van der Waals surface area contributed by atoms with Crippen LogP contribution in [0, 0.1) is 0 Å². The highest BCUT2D eigenvalue weighted by molar-refractivity contribution is 6.09. The first-order valence-electron chi connectivity index (χ1n) is 2.55. The molecule has 0 aliphatic carbocycles. The van der Waals surface area contributed by atoms with Crippen LogP contribution in [0.2, 0.25) is 0 Å². The number of ketones is 1. The lowest BCUT2D eigenvalue weighted by atomic mass is 10.3. The average molecular weight is 196 g/mol. The molecule has 1 rings (SSSR count). The number of carbonyl (C=O) groups is 2. The van der Waals surface area contributed by atoms with Crippen molar-refractivity contribution in [2.24, 2.45) is 4.99 Å². The van der Waals surface area contributed by atoms with E-state index < -0.39 is 0 Å². The van der Waals surface area contributed by atoms with Crippen molar-refractivity contribution in [1.29, 1.82) is 0 Å². The van der Waals surface area contributed by atoms with Gasteiger partial charge in [0.1, 0.15) is 0 Å². The second-order valence-electron chi connectivity index (χ2n) is 1.67. The molecule has 0 aromatic rings. The summed E-state index contributed by atoms with van der Waals surface area (Å²) in [5.41, 5.74) is 0. The van der Waals surface area contributed by atoms with Crippen LogP contribution in [0.5, 0.6) is 0 Å². The summed E-state index contributed by atoms with van der Waals surface area (Å²) in [4.78, 5) is 24.3. The van der Waals surface area contributed by atoms with E-state index in [-0.39, 0.29) is 42.9 Å². The Morgan fingerprint density at radius 3 is 2.55 bits per heavy atom. The molecule has 1 amide bonds. The van der Waals surface area contributed by atoms with Crippen LogP contribution in [0.1, 0.15) is 6.42 Å².